The largest absolute Gasteiger partial charge is 0.466 e. The van der Waals surface area contributed by atoms with Gasteiger partial charge in [-0.25, -0.2) is 0 Å². The zero-order chi connectivity index (χ0) is 14.0. The van der Waals surface area contributed by atoms with Crippen LogP contribution in [0.15, 0.2) is 12.2 Å². The zero-order valence-corrected chi connectivity index (χ0v) is 12.7. The fraction of sp³-hybridized carbons (Fsp3) is 0.824. The lowest BCUT2D eigenvalue weighted by Crippen LogP contribution is -2.44. The van der Waals surface area contributed by atoms with Crippen LogP contribution in [-0.2, 0) is 9.53 Å². The summed E-state index contributed by atoms with van der Waals surface area (Å²) >= 11 is 0. The summed E-state index contributed by atoms with van der Waals surface area (Å²) in [7, 11) is 0. The van der Waals surface area contributed by atoms with Gasteiger partial charge in [-0.1, -0.05) is 26.0 Å². The van der Waals surface area contributed by atoms with Crippen molar-refractivity contribution >= 4 is 5.97 Å². The predicted octanol–water partition coefficient (Wildman–Crippen LogP) is 4.35. The topological polar surface area (TPSA) is 26.3 Å². The molecule has 0 radical (unpaired) electrons. The van der Waals surface area contributed by atoms with E-state index >= 15 is 0 Å². The highest BCUT2D eigenvalue weighted by atomic mass is 16.5. The summed E-state index contributed by atoms with van der Waals surface area (Å²) in [5.41, 5.74) is 1.95. The second kappa shape index (κ2) is 5.68. The van der Waals surface area contributed by atoms with Crippen LogP contribution in [-0.4, -0.2) is 12.6 Å². The fourth-order valence-electron chi connectivity index (χ4n) is 4.03. The van der Waals surface area contributed by atoms with E-state index < -0.39 is 0 Å². The van der Waals surface area contributed by atoms with Crippen molar-refractivity contribution < 1.29 is 9.53 Å². The van der Waals surface area contributed by atoms with E-state index in [1.54, 1.807) is 0 Å². The third-order valence-electron chi connectivity index (χ3n) is 5.28. The Labute approximate surface area is 117 Å². The normalized spacial score (nSPS) is 34.3. The van der Waals surface area contributed by atoms with Crippen molar-refractivity contribution in [2.45, 2.75) is 59.3 Å². The van der Waals surface area contributed by atoms with Crippen molar-refractivity contribution in [1.82, 2.24) is 0 Å². The van der Waals surface area contributed by atoms with Gasteiger partial charge in [-0.3, -0.25) is 4.79 Å². The molecule has 2 aliphatic carbocycles. The van der Waals surface area contributed by atoms with Gasteiger partial charge >= 0.3 is 5.97 Å². The Hall–Kier alpha value is -0.790. The quantitative estimate of drug-likeness (QED) is 0.547. The summed E-state index contributed by atoms with van der Waals surface area (Å²) < 4.78 is 5.22. The minimum absolute atomic E-state index is 0.147. The monoisotopic (exact) mass is 264 g/mol. The third kappa shape index (κ3) is 3.40. The number of rotatable bonds is 2. The van der Waals surface area contributed by atoms with Gasteiger partial charge in [-0.05, 0) is 61.7 Å². The highest BCUT2D eigenvalue weighted by Crippen LogP contribution is 2.56. The molecule has 0 bridgehead atoms. The summed E-state index contributed by atoms with van der Waals surface area (Å²) in [6.07, 6.45) is 7.31. The van der Waals surface area contributed by atoms with Crippen LogP contribution in [0.1, 0.15) is 59.3 Å². The molecular weight excluding hydrogens is 236 g/mol. The van der Waals surface area contributed by atoms with Crippen LogP contribution in [0, 0.1) is 23.2 Å². The third-order valence-corrected chi connectivity index (χ3v) is 5.28. The van der Waals surface area contributed by atoms with Crippen molar-refractivity contribution in [3.8, 4) is 0 Å². The molecule has 2 rings (SSSR count). The van der Waals surface area contributed by atoms with E-state index in [1.165, 1.54) is 44.6 Å². The summed E-state index contributed by atoms with van der Waals surface area (Å²) in [6.45, 7) is 11.2. The maximum Gasteiger partial charge on any atom is 0.302 e. The molecule has 2 saturated carbocycles. The first kappa shape index (κ1) is 14.6. The first-order valence-corrected chi connectivity index (χ1v) is 7.71. The van der Waals surface area contributed by atoms with E-state index in [0.29, 0.717) is 17.9 Å². The molecule has 0 spiro atoms. The molecule has 3 unspecified atom stereocenters. The lowest BCUT2D eigenvalue weighted by Gasteiger charge is -2.53. The van der Waals surface area contributed by atoms with E-state index in [-0.39, 0.29) is 5.97 Å². The van der Waals surface area contributed by atoms with Gasteiger partial charge in [-0.2, -0.15) is 0 Å². The molecule has 0 aliphatic heterocycles. The first-order valence-electron chi connectivity index (χ1n) is 7.71. The standard InChI is InChI=1S/C17H28O2/c1-12-6-5-7-14(11-19-13(2)18)8-9-16-15(12)10-17(16,3)4/h14-16H,1,5-11H2,2-4H3. The van der Waals surface area contributed by atoms with E-state index in [2.05, 4.69) is 20.4 Å². The lowest BCUT2D eigenvalue weighted by molar-refractivity contribution is -0.142. The molecule has 0 N–H and O–H groups in total. The minimum Gasteiger partial charge on any atom is -0.466 e. The number of fused-ring (bicyclic) bond motifs is 1. The Morgan fingerprint density at radius 3 is 2.74 bits per heavy atom. The first-order chi connectivity index (χ1) is 8.90. The van der Waals surface area contributed by atoms with Crippen molar-refractivity contribution in [3.05, 3.63) is 12.2 Å². The van der Waals surface area contributed by atoms with E-state index in [0.717, 1.165) is 18.3 Å². The van der Waals surface area contributed by atoms with Crippen LogP contribution < -0.4 is 0 Å². The highest BCUT2D eigenvalue weighted by Gasteiger charge is 2.47. The van der Waals surface area contributed by atoms with Crippen LogP contribution >= 0.6 is 0 Å². The molecule has 0 amide bonds. The minimum atomic E-state index is -0.147. The van der Waals surface area contributed by atoms with Gasteiger partial charge < -0.3 is 4.74 Å². The number of allylic oxidation sites excluding steroid dienone is 1. The molecule has 2 aliphatic rings. The summed E-state index contributed by atoms with van der Waals surface area (Å²) in [4.78, 5) is 11.0. The predicted molar refractivity (Wildman–Crippen MR) is 77.7 cm³/mol. The number of ether oxygens (including phenoxy) is 1. The lowest BCUT2D eigenvalue weighted by atomic mass is 9.52. The van der Waals surface area contributed by atoms with Gasteiger partial charge in [0.2, 0.25) is 0 Å². The van der Waals surface area contributed by atoms with Gasteiger partial charge in [0, 0.05) is 6.92 Å². The molecule has 0 aromatic heterocycles. The Morgan fingerprint density at radius 2 is 2.11 bits per heavy atom. The molecule has 108 valence electrons. The summed E-state index contributed by atoms with van der Waals surface area (Å²) in [5, 5.41) is 0. The highest BCUT2D eigenvalue weighted by molar-refractivity contribution is 5.65. The molecule has 0 heterocycles. The number of carbonyl (C=O) groups excluding carboxylic acids is 1. The Bertz CT molecular complexity index is 356. The maximum absolute atomic E-state index is 11.0. The molecule has 2 fully saturated rings. The van der Waals surface area contributed by atoms with Gasteiger partial charge in [0.05, 0.1) is 6.61 Å². The fourth-order valence-corrected chi connectivity index (χ4v) is 4.03. The zero-order valence-electron chi connectivity index (χ0n) is 12.7. The van der Waals surface area contributed by atoms with Crippen LogP contribution in [0.2, 0.25) is 0 Å². The molecule has 19 heavy (non-hydrogen) atoms. The average molecular weight is 264 g/mol. The van der Waals surface area contributed by atoms with Gasteiger partial charge in [0.25, 0.3) is 0 Å². The average Bonchev–Trinajstić information content (AvgIpc) is 2.37. The molecule has 0 aromatic carbocycles. The molecule has 2 heteroatoms. The Morgan fingerprint density at radius 1 is 1.37 bits per heavy atom. The van der Waals surface area contributed by atoms with Crippen LogP contribution in [0.3, 0.4) is 0 Å². The number of hydrogen-bond acceptors (Lipinski definition) is 2. The van der Waals surface area contributed by atoms with Crippen LogP contribution in [0.4, 0.5) is 0 Å². The van der Waals surface area contributed by atoms with Gasteiger partial charge in [0.1, 0.15) is 0 Å². The van der Waals surface area contributed by atoms with Crippen molar-refractivity contribution in [3.63, 3.8) is 0 Å². The van der Waals surface area contributed by atoms with Crippen molar-refractivity contribution in [1.29, 1.82) is 0 Å². The van der Waals surface area contributed by atoms with Crippen LogP contribution in [0.25, 0.3) is 0 Å². The summed E-state index contributed by atoms with van der Waals surface area (Å²) in [6, 6.07) is 0. The number of hydrogen-bond donors (Lipinski definition) is 0. The Balaban J connectivity index is 1.95. The number of esters is 1. The van der Waals surface area contributed by atoms with Gasteiger partial charge in [0.15, 0.2) is 0 Å². The van der Waals surface area contributed by atoms with E-state index in [1.807, 2.05) is 0 Å². The molecule has 3 atom stereocenters. The molecular formula is C17H28O2. The number of carbonyl (C=O) groups is 1. The second-order valence-electron chi connectivity index (χ2n) is 7.20. The molecule has 0 saturated heterocycles. The van der Waals surface area contributed by atoms with Crippen molar-refractivity contribution in [2.24, 2.45) is 23.2 Å². The molecule has 2 nitrogen and oxygen atoms in total. The maximum atomic E-state index is 11.0. The second-order valence-corrected chi connectivity index (χ2v) is 7.20. The van der Waals surface area contributed by atoms with Crippen molar-refractivity contribution in [2.75, 3.05) is 6.61 Å². The van der Waals surface area contributed by atoms with Gasteiger partial charge in [-0.15, -0.1) is 0 Å². The van der Waals surface area contributed by atoms with E-state index in [9.17, 15) is 4.79 Å². The van der Waals surface area contributed by atoms with Crippen LogP contribution in [0.5, 0.6) is 0 Å². The smallest absolute Gasteiger partial charge is 0.302 e. The summed E-state index contributed by atoms with van der Waals surface area (Å²) in [5.74, 6) is 1.94. The SMILES string of the molecule is C=C1CCCC(COC(C)=O)CCC2C1CC2(C)C. The molecule has 0 aromatic rings. The Kier molecular flexibility index (Phi) is 4.37. The van der Waals surface area contributed by atoms with E-state index in [4.69, 9.17) is 4.74 Å².